The van der Waals surface area contributed by atoms with Gasteiger partial charge in [0.25, 0.3) is 0 Å². The van der Waals surface area contributed by atoms with E-state index in [2.05, 4.69) is 4.74 Å². The lowest BCUT2D eigenvalue weighted by Crippen LogP contribution is -2.38. The van der Waals surface area contributed by atoms with Crippen LogP contribution in [-0.4, -0.2) is 50.6 Å². The summed E-state index contributed by atoms with van der Waals surface area (Å²) in [5.41, 5.74) is 0. The van der Waals surface area contributed by atoms with Crippen molar-refractivity contribution in [3.63, 3.8) is 0 Å². The molecule has 1 aromatic carbocycles. The Morgan fingerprint density at radius 3 is 2.24 bits per heavy atom. The van der Waals surface area contributed by atoms with E-state index in [0.29, 0.717) is 4.31 Å². The molecule has 0 amide bonds. The first-order valence-electron chi connectivity index (χ1n) is 5.55. The Kier molecular flexibility index (Phi) is 5.70. The van der Waals surface area contributed by atoms with Crippen LogP contribution < -0.4 is 0 Å². The Labute approximate surface area is 118 Å². The first-order valence-corrected chi connectivity index (χ1v) is 6.99. The summed E-state index contributed by atoms with van der Waals surface area (Å²) in [5.74, 6) is -6.08. The number of benzene rings is 1. The molecule has 1 N–H and O–H groups in total. The maximum atomic E-state index is 13.6. The van der Waals surface area contributed by atoms with Gasteiger partial charge in [-0.2, -0.15) is 4.31 Å². The summed E-state index contributed by atoms with van der Waals surface area (Å²) in [5, 5.41) is 8.68. The number of hydrogen-bond acceptors (Lipinski definition) is 4. The quantitative estimate of drug-likeness (QED) is 0.802. The predicted molar refractivity (Wildman–Crippen MR) is 64.6 cm³/mol. The van der Waals surface area contributed by atoms with Gasteiger partial charge >= 0.3 is 5.97 Å². The van der Waals surface area contributed by atoms with Crippen molar-refractivity contribution in [1.29, 1.82) is 0 Å². The smallest absolute Gasteiger partial charge is 0.318 e. The molecule has 1 aromatic rings. The summed E-state index contributed by atoms with van der Waals surface area (Å²) in [6.45, 7) is -1.62. The maximum absolute atomic E-state index is 13.6. The lowest BCUT2D eigenvalue weighted by atomic mass is 10.3. The van der Waals surface area contributed by atoms with Gasteiger partial charge in [0, 0.05) is 25.8 Å². The van der Waals surface area contributed by atoms with Crippen LogP contribution in [0.1, 0.15) is 0 Å². The lowest BCUT2D eigenvalue weighted by molar-refractivity contribution is -0.137. The normalized spacial score (nSPS) is 11.9. The van der Waals surface area contributed by atoms with Crippen molar-refractivity contribution in [3.8, 4) is 0 Å². The number of nitrogens with zero attached hydrogens (tertiary/aromatic N) is 1. The molecule has 0 aliphatic rings. The van der Waals surface area contributed by atoms with E-state index in [1.807, 2.05) is 0 Å². The fraction of sp³-hybridized carbons (Fsp3) is 0.364. The molecule has 21 heavy (non-hydrogen) atoms. The number of carboxylic acid groups (broad SMARTS) is 1. The van der Waals surface area contributed by atoms with Crippen LogP contribution in [0, 0.1) is 17.5 Å². The molecule has 10 heteroatoms. The number of hydrogen-bond donors (Lipinski definition) is 1. The molecule has 0 unspecified atom stereocenters. The fourth-order valence-corrected chi connectivity index (χ4v) is 3.00. The highest BCUT2D eigenvalue weighted by molar-refractivity contribution is 7.89. The Bertz CT molecular complexity index is 612. The monoisotopic (exact) mass is 327 g/mol. The van der Waals surface area contributed by atoms with E-state index in [1.54, 1.807) is 0 Å². The number of ether oxygens (including phenoxy) is 1. The molecular weight excluding hydrogens is 315 g/mol. The van der Waals surface area contributed by atoms with Crippen LogP contribution in [0.15, 0.2) is 17.0 Å². The largest absolute Gasteiger partial charge is 0.480 e. The molecule has 0 atom stereocenters. The van der Waals surface area contributed by atoms with Gasteiger partial charge in [-0.3, -0.25) is 4.79 Å². The average molecular weight is 327 g/mol. The minimum atomic E-state index is -4.79. The summed E-state index contributed by atoms with van der Waals surface area (Å²) in [6.07, 6.45) is 0. The van der Waals surface area contributed by atoms with Crippen molar-refractivity contribution in [1.82, 2.24) is 4.31 Å². The van der Waals surface area contributed by atoms with Crippen LogP contribution in [-0.2, 0) is 19.6 Å². The molecule has 0 aliphatic carbocycles. The Balaban J connectivity index is 3.31. The Hall–Kier alpha value is -1.65. The van der Waals surface area contributed by atoms with E-state index < -0.39 is 51.4 Å². The SMILES string of the molecule is COCCN(CC(=O)O)S(=O)(=O)c1c(F)cc(F)cc1F. The zero-order chi connectivity index (χ0) is 16.2. The van der Waals surface area contributed by atoms with Gasteiger partial charge in [0.15, 0.2) is 4.90 Å². The van der Waals surface area contributed by atoms with Crippen LogP contribution in [0.4, 0.5) is 13.2 Å². The third kappa shape index (κ3) is 4.16. The predicted octanol–water partition coefficient (Wildman–Crippen LogP) is 0.826. The average Bonchev–Trinajstić information content (AvgIpc) is 2.32. The molecule has 0 saturated carbocycles. The molecule has 118 valence electrons. The first kappa shape index (κ1) is 17.4. The third-order valence-corrected chi connectivity index (χ3v) is 4.31. The van der Waals surface area contributed by atoms with Crippen molar-refractivity contribution in [2.24, 2.45) is 0 Å². The summed E-state index contributed by atoms with van der Waals surface area (Å²) in [6, 6.07) is 0.399. The van der Waals surface area contributed by atoms with Crippen LogP contribution in [0.25, 0.3) is 0 Å². The van der Waals surface area contributed by atoms with Gasteiger partial charge in [0.05, 0.1) is 6.61 Å². The molecular formula is C11H12F3NO5S. The zero-order valence-corrected chi connectivity index (χ0v) is 11.7. The van der Waals surface area contributed by atoms with Crippen molar-refractivity contribution < 1.29 is 36.2 Å². The minimum Gasteiger partial charge on any atom is -0.480 e. The second-order valence-electron chi connectivity index (χ2n) is 3.92. The standard InChI is InChI=1S/C11H12F3NO5S/c1-20-3-2-15(6-10(16)17)21(18,19)11-8(13)4-7(12)5-9(11)14/h4-5H,2-3,6H2,1H3,(H,16,17). The third-order valence-electron chi connectivity index (χ3n) is 2.42. The molecule has 0 fully saturated rings. The van der Waals surface area contributed by atoms with Crippen LogP contribution in [0.3, 0.4) is 0 Å². The molecule has 0 aromatic heterocycles. The number of sulfonamides is 1. The molecule has 0 saturated heterocycles. The van der Waals surface area contributed by atoms with Gasteiger partial charge < -0.3 is 9.84 Å². The van der Waals surface area contributed by atoms with E-state index in [1.165, 1.54) is 7.11 Å². The van der Waals surface area contributed by atoms with Crippen LogP contribution >= 0.6 is 0 Å². The van der Waals surface area contributed by atoms with Gasteiger partial charge in [-0.05, 0) is 0 Å². The fourth-order valence-electron chi connectivity index (χ4n) is 1.53. The van der Waals surface area contributed by atoms with Gasteiger partial charge in [-0.1, -0.05) is 0 Å². The van der Waals surface area contributed by atoms with Crippen molar-refractivity contribution in [2.45, 2.75) is 4.90 Å². The number of carbonyl (C=O) groups is 1. The van der Waals surface area contributed by atoms with Crippen LogP contribution in [0.2, 0.25) is 0 Å². The zero-order valence-electron chi connectivity index (χ0n) is 10.8. The number of rotatable bonds is 7. The van der Waals surface area contributed by atoms with E-state index >= 15 is 0 Å². The second kappa shape index (κ2) is 6.87. The molecule has 0 bridgehead atoms. The molecule has 0 radical (unpaired) electrons. The number of halogens is 3. The first-order chi connectivity index (χ1) is 9.70. The van der Waals surface area contributed by atoms with Gasteiger partial charge in [-0.25, -0.2) is 21.6 Å². The van der Waals surface area contributed by atoms with E-state index in [4.69, 9.17) is 5.11 Å². The summed E-state index contributed by atoms with van der Waals surface area (Å²) in [4.78, 5) is 9.28. The number of carboxylic acids is 1. The summed E-state index contributed by atoms with van der Waals surface area (Å²) in [7, 11) is -3.55. The second-order valence-corrected chi connectivity index (χ2v) is 5.80. The molecule has 0 spiro atoms. The van der Waals surface area contributed by atoms with E-state index in [-0.39, 0.29) is 18.7 Å². The minimum absolute atomic E-state index is 0.184. The van der Waals surface area contributed by atoms with E-state index in [9.17, 15) is 26.4 Å². The Morgan fingerprint density at radius 2 is 1.81 bits per heavy atom. The highest BCUT2D eigenvalue weighted by Gasteiger charge is 2.32. The maximum Gasteiger partial charge on any atom is 0.318 e. The van der Waals surface area contributed by atoms with Crippen molar-refractivity contribution >= 4 is 16.0 Å². The summed E-state index contributed by atoms with van der Waals surface area (Å²) < 4.78 is 69.1. The Morgan fingerprint density at radius 1 is 1.29 bits per heavy atom. The topological polar surface area (TPSA) is 83.9 Å². The highest BCUT2D eigenvalue weighted by Crippen LogP contribution is 2.23. The summed E-state index contributed by atoms with van der Waals surface area (Å²) >= 11 is 0. The van der Waals surface area contributed by atoms with Crippen LogP contribution in [0.5, 0.6) is 0 Å². The lowest BCUT2D eigenvalue weighted by Gasteiger charge is -2.20. The molecule has 1 rings (SSSR count). The molecule has 6 nitrogen and oxygen atoms in total. The van der Waals surface area contributed by atoms with E-state index in [0.717, 1.165) is 0 Å². The number of aliphatic carboxylic acids is 1. The molecule has 0 aliphatic heterocycles. The highest BCUT2D eigenvalue weighted by atomic mass is 32.2. The number of methoxy groups -OCH3 is 1. The van der Waals surface area contributed by atoms with Gasteiger partial charge in [-0.15, -0.1) is 0 Å². The van der Waals surface area contributed by atoms with Crippen molar-refractivity contribution in [3.05, 3.63) is 29.6 Å². The van der Waals surface area contributed by atoms with Gasteiger partial charge in [0.2, 0.25) is 10.0 Å². The molecule has 0 heterocycles. The van der Waals surface area contributed by atoms with Crippen molar-refractivity contribution in [2.75, 3.05) is 26.8 Å². The van der Waals surface area contributed by atoms with Gasteiger partial charge in [0.1, 0.15) is 24.0 Å².